The predicted molar refractivity (Wildman–Crippen MR) is 83.5 cm³/mol. The Kier molecular flexibility index (Phi) is 4.30. The van der Waals surface area contributed by atoms with E-state index in [1.54, 1.807) is 12.1 Å². The van der Waals surface area contributed by atoms with Crippen LogP contribution < -0.4 is 5.32 Å². The molecular weight excluding hydrogens is 286 g/mol. The van der Waals surface area contributed by atoms with Gasteiger partial charge in [0.15, 0.2) is 5.76 Å². The quantitative estimate of drug-likeness (QED) is 0.896. The van der Waals surface area contributed by atoms with Gasteiger partial charge in [-0.15, -0.1) is 0 Å². The van der Waals surface area contributed by atoms with Gasteiger partial charge in [0.25, 0.3) is 5.91 Å². The van der Waals surface area contributed by atoms with E-state index >= 15 is 0 Å². The topological polar surface area (TPSA) is 42.2 Å². The lowest BCUT2D eigenvalue weighted by molar-refractivity contribution is 0.0900. The van der Waals surface area contributed by atoms with E-state index in [2.05, 4.69) is 5.32 Å². The van der Waals surface area contributed by atoms with Gasteiger partial charge in [0.1, 0.15) is 5.76 Å². The van der Waals surface area contributed by atoms with Crippen LogP contribution in [0.15, 0.2) is 40.8 Å². The van der Waals surface area contributed by atoms with Crippen molar-refractivity contribution in [1.82, 2.24) is 5.32 Å². The molecule has 0 unspecified atom stereocenters. The lowest BCUT2D eigenvalue weighted by Crippen LogP contribution is -2.35. The molecule has 21 heavy (non-hydrogen) atoms. The zero-order chi connectivity index (χ0) is 14.7. The summed E-state index contributed by atoms with van der Waals surface area (Å²) >= 11 is 5.97. The van der Waals surface area contributed by atoms with E-state index in [1.165, 1.54) is 19.3 Å². The first-order valence-corrected chi connectivity index (χ1v) is 7.77. The van der Waals surface area contributed by atoms with Crippen LogP contribution in [0.1, 0.15) is 42.7 Å². The molecule has 1 saturated carbocycles. The lowest BCUT2D eigenvalue weighted by atomic mass is 9.95. The number of benzene rings is 1. The molecule has 1 fully saturated rings. The molecule has 1 aromatic heterocycles. The maximum absolute atomic E-state index is 12.2. The standard InChI is InChI=1S/C17H18ClNO2/c18-13-6-4-5-12(11-13)15-9-10-16(21-15)17(20)19-14-7-2-1-3-8-14/h4-6,9-11,14H,1-3,7-8H2,(H,19,20). The zero-order valence-electron chi connectivity index (χ0n) is 11.8. The highest BCUT2D eigenvalue weighted by Crippen LogP contribution is 2.25. The van der Waals surface area contributed by atoms with Crippen molar-refractivity contribution in [2.75, 3.05) is 0 Å². The Morgan fingerprint density at radius 2 is 1.95 bits per heavy atom. The van der Waals surface area contributed by atoms with Crippen LogP contribution in [0.2, 0.25) is 5.02 Å². The van der Waals surface area contributed by atoms with E-state index in [0.717, 1.165) is 18.4 Å². The van der Waals surface area contributed by atoms with Crippen molar-refractivity contribution in [1.29, 1.82) is 0 Å². The van der Waals surface area contributed by atoms with Gasteiger partial charge in [-0.05, 0) is 37.1 Å². The Hall–Kier alpha value is -1.74. The van der Waals surface area contributed by atoms with E-state index in [1.807, 2.05) is 24.3 Å². The second-order valence-corrected chi connectivity index (χ2v) is 5.92. The number of furan rings is 1. The normalized spacial score (nSPS) is 15.9. The molecule has 1 aliphatic rings. The van der Waals surface area contributed by atoms with Gasteiger partial charge in [0.05, 0.1) is 0 Å². The average Bonchev–Trinajstić information content (AvgIpc) is 2.98. The Bertz CT molecular complexity index is 629. The molecule has 1 heterocycles. The van der Waals surface area contributed by atoms with Crippen molar-refractivity contribution in [2.45, 2.75) is 38.1 Å². The zero-order valence-corrected chi connectivity index (χ0v) is 12.5. The fraction of sp³-hybridized carbons (Fsp3) is 0.353. The van der Waals surface area contributed by atoms with Gasteiger partial charge in [0.2, 0.25) is 0 Å². The largest absolute Gasteiger partial charge is 0.451 e. The maximum Gasteiger partial charge on any atom is 0.287 e. The van der Waals surface area contributed by atoms with Crippen molar-refractivity contribution in [3.05, 3.63) is 47.2 Å². The summed E-state index contributed by atoms with van der Waals surface area (Å²) in [5.41, 5.74) is 0.874. The van der Waals surface area contributed by atoms with Crippen molar-refractivity contribution < 1.29 is 9.21 Å². The first-order valence-electron chi connectivity index (χ1n) is 7.39. The van der Waals surface area contributed by atoms with Crippen molar-refractivity contribution in [3.63, 3.8) is 0 Å². The molecule has 1 aromatic carbocycles. The smallest absolute Gasteiger partial charge is 0.287 e. The van der Waals surface area contributed by atoms with Gasteiger partial charge in [-0.2, -0.15) is 0 Å². The van der Waals surface area contributed by atoms with Crippen LogP contribution in [0, 0.1) is 0 Å². The van der Waals surface area contributed by atoms with Crippen LogP contribution in [0.25, 0.3) is 11.3 Å². The minimum absolute atomic E-state index is 0.129. The molecule has 3 nitrogen and oxygen atoms in total. The van der Waals surface area contributed by atoms with Crippen LogP contribution in [0.4, 0.5) is 0 Å². The second kappa shape index (κ2) is 6.35. The Morgan fingerprint density at radius 1 is 1.14 bits per heavy atom. The average molecular weight is 304 g/mol. The number of rotatable bonds is 3. The molecule has 0 saturated heterocycles. The van der Waals surface area contributed by atoms with Gasteiger partial charge in [-0.1, -0.05) is 43.0 Å². The Labute approximate surface area is 129 Å². The van der Waals surface area contributed by atoms with Gasteiger partial charge in [0, 0.05) is 16.6 Å². The highest BCUT2D eigenvalue weighted by atomic mass is 35.5. The molecule has 3 rings (SSSR count). The van der Waals surface area contributed by atoms with Gasteiger partial charge < -0.3 is 9.73 Å². The lowest BCUT2D eigenvalue weighted by Gasteiger charge is -2.22. The number of hydrogen-bond acceptors (Lipinski definition) is 2. The number of nitrogens with one attached hydrogen (secondary N) is 1. The van der Waals surface area contributed by atoms with E-state index in [4.69, 9.17) is 16.0 Å². The number of carbonyl (C=O) groups excluding carboxylic acids is 1. The van der Waals surface area contributed by atoms with Crippen LogP contribution in [-0.2, 0) is 0 Å². The first-order chi connectivity index (χ1) is 10.2. The van der Waals surface area contributed by atoms with Crippen molar-refractivity contribution in [3.8, 4) is 11.3 Å². The summed E-state index contributed by atoms with van der Waals surface area (Å²) in [5, 5.41) is 3.70. The molecule has 1 amide bonds. The molecule has 2 aromatic rings. The SMILES string of the molecule is O=C(NC1CCCCC1)c1ccc(-c2cccc(Cl)c2)o1. The summed E-state index contributed by atoms with van der Waals surface area (Å²) in [7, 11) is 0. The number of halogens is 1. The third-order valence-corrected chi connectivity index (χ3v) is 4.11. The fourth-order valence-corrected chi connectivity index (χ4v) is 2.95. The summed E-state index contributed by atoms with van der Waals surface area (Å²) in [6.07, 6.45) is 5.78. The van der Waals surface area contributed by atoms with Crippen LogP contribution in [0.3, 0.4) is 0 Å². The highest BCUT2D eigenvalue weighted by molar-refractivity contribution is 6.30. The minimum atomic E-state index is -0.129. The molecule has 1 aliphatic carbocycles. The molecule has 0 aliphatic heterocycles. The van der Waals surface area contributed by atoms with E-state index < -0.39 is 0 Å². The van der Waals surface area contributed by atoms with E-state index in [9.17, 15) is 4.79 Å². The molecule has 4 heteroatoms. The summed E-state index contributed by atoms with van der Waals surface area (Å²) in [5.74, 6) is 0.886. The van der Waals surface area contributed by atoms with E-state index in [0.29, 0.717) is 16.5 Å². The van der Waals surface area contributed by atoms with Gasteiger partial charge in [-0.3, -0.25) is 4.79 Å². The minimum Gasteiger partial charge on any atom is -0.451 e. The predicted octanol–water partition coefficient (Wildman–Crippen LogP) is 4.66. The van der Waals surface area contributed by atoms with Crippen LogP contribution in [-0.4, -0.2) is 11.9 Å². The summed E-state index contributed by atoms with van der Waals surface area (Å²) in [4.78, 5) is 12.2. The molecular formula is C17H18ClNO2. The first kappa shape index (κ1) is 14.2. The molecule has 0 spiro atoms. The monoisotopic (exact) mass is 303 g/mol. The fourth-order valence-electron chi connectivity index (χ4n) is 2.76. The molecule has 110 valence electrons. The van der Waals surface area contributed by atoms with Crippen LogP contribution >= 0.6 is 11.6 Å². The molecule has 1 N–H and O–H groups in total. The number of carbonyl (C=O) groups is 1. The maximum atomic E-state index is 12.2. The van der Waals surface area contributed by atoms with Crippen molar-refractivity contribution in [2.24, 2.45) is 0 Å². The summed E-state index contributed by atoms with van der Waals surface area (Å²) < 4.78 is 5.66. The van der Waals surface area contributed by atoms with Crippen molar-refractivity contribution >= 4 is 17.5 Å². The summed E-state index contributed by atoms with van der Waals surface area (Å²) in [6, 6.07) is 11.2. The Balaban J connectivity index is 1.70. The van der Waals surface area contributed by atoms with E-state index in [-0.39, 0.29) is 11.9 Å². The molecule has 0 atom stereocenters. The number of hydrogen-bond donors (Lipinski definition) is 1. The molecule has 0 bridgehead atoms. The molecule has 0 radical (unpaired) electrons. The van der Waals surface area contributed by atoms with Gasteiger partial charge in [-0.25, -0.2) is 0 Å². The van der Waals surface area contributed by atoms with Gasteiger partial charge >= 0.3 is 0 Å². The van der Waals surface area contributed by atoms with Crippen LogP contribution in [0.5, 0.6) is 0 Å². The third-order valence-electron chi connectivity index (χ3n) is 3.88. The third kappa shape index (κ3) is 3.48. The summed E-state index contributed by atoms with van der Waals surface area (Å²) in [6.45, 7) is 0. The number of amides is 1. The highest BCUT2D eigenvalue weighted by Gasteiger charge is 2.19. The second-order valence-electron chi connectivity index (χ2n) is 5.48. The Morgan fingerprint density at radius 3 is 2.71 bits per heavy atom.